The van der Waals surface area contributed by atoms with E-state index < -0.39 is 0 Å². The first-order chi connectivity index (χ1) is 16.7. The van der Waals surface area contributed by atoms with Crippen molar-refractivity contribution in [1.82, 2.24) is 19.6 Å². The number of amides is 1. The molecule has 6 nitrogen and oxygen atoms in total. The zero-order valence-electron chi connectivity index (χ0n) is 20.0. The molecular weight excluding hydrogens is 424 g/mol. The minimum absolute atomic E-state index is 0.0869. The summed E-state index contributed by atoms with van der Waals surface area (Å²) in [5.74, 6) is 0.777. The minimum Gasteiger partial charge on any atom is -0.379 e. The first kappa shape index (κ1) is 22.8. The van der Waals surface area contributed by atoms with Gasteiger partial charge in [0.05, 0.1) is 24.5 Å². The van der Waals surface area contributed by atoms with Gasteiger partial charge in [-0.25, -0.2) is 4.68 Å². The van der Waals surface area contributed by atoms with Crippen molar-refractivity contribution in [1.29, 1.82) is 0 Å². The van der Waals surface area contributed by atoms with E-state index in [9.17, 15) is 4.79 Å². The number of aryl methyl sites for hydroxylation is 1. The molecule has 2 aliphatic rings. The Hall–Kier alpha value is -2.96. The third-order valence-corrected chi connectivity index (χ3v) is 7.15. The van der Waals surface area contributed by atoms with E-state index in [2.05, 4.69) is 24.0 Å². The van der Waals surface area contributed by atoms with Gasteiger partial charge in [-0.15, -0.1) is 0 Å². The van der Waals surface area contributed by atoms with Crippen LogP contribution in [0.4, 0.5) is 0 Å². The Kier molecular flexibility index (Phi) is 7.07. The SMILES string of the molecule is Cc1ccc(-n2cc(C(=O)N3CCC(CCN4CCOCC4)CC3)c(-c3ccccc3)n2)cc1. The average molecular weight is 459 g/mol. The van der Waals surface area contributed by atoms with Crippen LogP contribution in [0.15, 0.2) is 60.8 Å². The van der Waals surface area contributed by atoms with Crippen molar-refractivity contribution in [3.8, 4) is 16.9 Å². The number of nitrogens with zero attached hydrogens (tertiary/aromatic N) is 4. The highest BCUT2D eigenvalue weighted by Crippen LogP contribution is 2.28. The zero-order chi connectivity index (χ0) is 23.3. The molecule has 0 saturated carbocycles. The Bertz CT molecular complexity index is 1080. The molecule has 1 aromatic heterocycles. The minimum atomic E-state index is 0.0869. The summed E-state index contributed by atoms with van der Waals surface area (Å²) in [5.41, 5.74) is 4.56. The van der Waals surface area contributed by atoms with Gasteiger partial charge < -0.3 is 9.64 Å². The number of carbonyl (C=O) groups is 1. The zero-order valence-corrected chi connectivity index (χ0v) is 20.0. The summed E-state index contributed by atoms with van der Waals surface area (Å²) in [4.78, 5) is 18.2. The van der Waals surface area contributed by atoms with Crippen LogP contribution in [0, 0.1) is 12.8 Å². The van der Waals surface area contributed by atoms with Gasteiger partial charge in [-0.3, -0.25) is 9.69 Å². The van der Waals surface area contributed by atoms with Crippen molar-refractivity contribution in [2.45, 2.75) is 26.2 Å². The lowest BCUT2D eigenvalue weighted by atomic mass is 9.92. The number of benzene rings is 2. The smallest absolute Gasteiger partial charge is 0.257 e. The third-order valence-electron chi connectivity index (χ3n) is 7.15. The van der Waals surface area contributed by atoms with Gasteiger partial charge in [0.1, 0.15) is 5.69 Å². The topological polar surface area (TPSA) is 50.6 Å². The molecular formula is C28H34N4O2. The summed E-state index contributed by atoms with van der Waals surface area (Å²) in [6.45, 7) is 8.65. The van der Waals surface area contributed by atoms with Crippen LogP contribution >= 0.6 is 0 Å². The number of ether oxygens (including phenoxy) is 1. The number of hydrogen-bond donors (Lipinski definition) is 0. The van der Waals surface area contributed by atoms with Crippen LogP contribution in [0.2, 0.25) is 0 Å². The predicted octanol–water partition coefficient (Wildman–Crippen LogP) is 4.42. The van der Waals surface area contributed by atoms with Gasteiger partial charge in [-0.05, 0) is 50.8 Å². The normalized spacial score (nSPS) is 17.7. The molecule has 0 atom stereocenters. The lowest BCUT2D eigenvalue weighted by molar-refractivity contribution is 0.0332. The van der Waals surface area contributed by atoms with Crippen molar-refractivity contribution >= 4 is 5.91 Å². The summed E-state index contributed by atoms with van der Waals surface area (Å²) in [6, 6.07) is 18.3. The van der Waals surface area contributed by atoms with E-state index in [0.29, 0.717) is 11.5 Å². The fourth-order valence-corrected chi connectivity index (χ4v) is 4.95. The van der Waals surface area contributed by atoms with E-state index in [4.69, 9.17) is 9.84 Å². The maximum Gasteiger partial charge on any atom is 0.257 e. The summed E-state index contributed by atoms with van der Waals surface area (Å²) in [5, 5.41) is 4.85. The van der Waals surface area contributed by atoms with Gasteiger partial charge in [-0.1, -0.05) is 48.0 Å². The van der Waals surface area contributed by atoms with Crippen LogP contribution in [-0.2, 0) is 4.74 Å². The number of morpholine rings is 1. The van der Waals surface area contributed by atoms with Gasteiger partial charge in [0.2, 0.25) is 0 Å². The number of carbonyl (C=O) groups excluding carboxylic acids is 1. The highest BCUT2D eigenvalue weighted by atomic mass is 16.5. The first-order valence-corrected chi connectivity index (χ1v) is 12.5. The van der Waals surface area contributed by atoms with Crippen molar-refractivity contribution in [3.63, 3.8) is 0 Å². The number of rotatable bonds is 6. The molecule has 0 unspecified atom stereocenters. The Labute approximate surface area is 202 Å². The molecule has 0 radical (unpaired) electrons. The van der Waals surface area contributed by atoms with E-state index in [0.717, 1.165) is 75.7 Å². The lowest BCUT2D eigenvalue weighted by Crippen LogP contribution is -2.40. The van der Waals surface area contributed by atoms with Crippen LogP contribution < -0.4 is 0 Å². The van der Waals surface area contributed by atoms with Crippen LogP contribution in [0.5, 0.6) is 0 Å². The van der Waals surface area contributed by atoms with Crippen LogP contribution in [0.3, 0.4) is 0 Å². The second kappa shape index (κ2) is 10.5. The molecule has 2 fully saturated rings. The molecule has 3 aromatic rings. The molecule has 178 valence electrons. The second-order valence-electron chi connectivity index (χ2n) is 9.52. The monoisotopic (exact) mass is 458 g/mol. The maximum absolute atomic E-state index is 13.7. The summed E-state index contributed by atoms with van der Waals surface area (Å²) < 4.78 is 7.30. The Morgan fingerprint density at radius 1 is 0.971 bits per heavy atom. The average Bonchev–Trinajstić information content (AvgIpc) is 3.34. The summed E-state index contributed by atoms with van der Waals surface area (Å²) >= 11 is 0. The summed E-state index contributed by atoms with van der Waals surface area (Å²) in [7, 11) is 0. The second-order valence-corrected chi connectivity index (χ2v) is 9.52. The fraction of sp³-hybridized carbons (Fsp3) is 0.429. The molecule has 2 aliphatic heterocycles. The van der Waals surface area contributed by atoms with E-state index in [-0.39, 0.29) is 5.91 Å². The molecule has 2 saturated heterocycles. The van der Waals surface area contributed by atoms with Gasteiger partial charge in [0, 0.05) is 37.9 Å². The highest BCUT2D eigenvalue weighted by Gasteiger charge is 2.27. The van der Waals surface area contributed by atoms with E-state index in [1.54, 1.807) is 0 Å². The highest BCUT2D eigenvalue weighted by molar-refractivity contribution is 6.00. The molecule has 1 amide bonds. The molecule has 0 spiro atoms. The Balaban J connectivity index is 1.29. The van der Waals surface area contributed by atoms with Crippen molar-refractivity contribution in [2.24, 2.45) is 5.92 Å². The molecule has 5 rings (SSSR count). The number of likely N-dealkylation sites (tertiary alicyclic amines) is 1. The maximum atomic E-state index is 13.7. The Morgan fingerprint density at radius 3 is 2.38 bits per heavy atom. The van der Waals surface area contributed by atoms with Crippen molar-refractivity contribution in [3.05, 3.63) is 71.9 Å². The largest absolute Gasteiger partial charge is 0.379 e. The molecule has 0 aliphatic carbocycles. The van der Waals surface area contributed by atoms with Crippen molar-refractivity contribution < 1.29 is 9.53 Å². The molecule has 34 heavy (non-hydrogen) atoms. The van der Waals surface area contributed by atoms with E-state index >= 15 is 0 Å². The van der Waals surface area contributed by atoms with Gasteiger partial charge >= 0.3 is 0 Å². The van der Waals surface area contributed by atoms with Crippen molar-refractivity contribution in [2.75, 3.05) is 45.9 Å². The van der Waals surface area contributed by atoms with Crippen LogP contribution in [0.25, 0.3) is 16.9 Å². The molecule has 0 bridgehead atoms. The summed E-state index contributed by atoms with van der Waals surface area (Å²) in [6.07, 6.45) is 5.26. The van der Waals surface area contributed by atoms with E-state index in [1.807, 2.05) is 58.2 Å². The Morgan fingerprint density at radius 2 is 1.68 bits per heavy atom. The van der Waals surface area contributed by atoms with Gasteiger partial charge in [0.25, 0.3) is 5.91 Å². The number of aromatic nitrogens is 2. The van der Waals surface area contributed by atoms with Crippen LogP contribution in [0.1, 0.15) is 35.2 Å². The predicted molar refractivity (Wildman–Crippen MR) is 134 cm³/mol. The first-order valence-electron chi connectivity index (χ1n) is 12.5. The van der Waals surface area contributed by atoms with Gasteiger partial charge in [-0.2, -0.15) is 5.10 Å². The molecule has 0 N–H and O–H groups in total. The lowest BCUT2D eigenvalue weighted by Gasteiger charge is -2.34. The molecule has 2 aromatic carbocycles. The number of hydrogen-bond acceptors (Lipinski definition) is 4. The fourth-order valence-electron chi connectivity index (χ4n) is 4.95. The van der Waals surface area contributed by atoms with Crippen LogP contribution in [-0.4, -0.2) is 71.4 Å². The molecule has 6 heteroatoms. The standard InChI is InChI=1S/C28H34N4O2/c1-22-7-9-25(10-8-22)32-21-26(27(29-32)24-5-3-2-4-6-24)28(33)31-15-12-23(13-16-31)11-14-30-17-19-34-20-18-30/h2-10,21,23H,11-20H2,1H3. The van der Waals surface area contributed by atoms with Gasteiger partial charge in [0.15, 0.2) is 0 Å². The van der Waals surface area contributed by atoms with E-state index in [1.165, 1.54) is 12.0 Å². The number of piperidine rings is 1. The third kappa shape index (κ3) is 5.24. The molecule has 3 heterocycles. The quantitative estimate of drug-likeness (QED) is 0.549.